The van der Waals surface area contributed by atoms with Gasteiger partial charge in [0.2, 0.25) is 0 Å². The van der Waals surface area contributed by atoms with Crippen LogP contribution in [-0.2, 0) is 15.6 Å². The lowest BCUT2D eigenvalue weighted by molar-refractivity contribution is -0.385. The van der Waals surface area contributed by atoms with Crippen molar-refractivity contribution in [3.8, 4) is 0 Å². The number of sulfone groups is 1. The van der Waals surface area contributed by atoms with Crippen molar-refractivity contribution in [3.05, 3.63) is 39.4 Å². The Morgan fingerprint density at radius 1 is 1.33 bits per heavy atom. The first-order chi connectivity index (χ1) is 9.83. The van der Waals surface area contributed by atoms with Crippen LogP contribution in [0.4, 0.5) is 5.69 Å². The van der Waals surface area contributed by atoms with Gasteiger partial charge in [0, 0.05) is 6.07 Å². The van der Waals surface area contributed by atoms with Crippen molar-refractivity contribution in [2.75, 3.05) is 0 Å². The maximum absolute atomic E-state index is 12.3. The summed E-state index contributed by atoms with van der Waals surface area (Å²) < 4.78 is 24.6. The van der Waals surface area contributed by atoms with Crippen LogP contribution in [0.2, 0.25) is 0 Å². The van der Waals surface area contributed by atoms with E-state index < -0.39 is 43.0 Å². The molecule has 7 nitrogen and oxygen atoms in total. The summed E-state index contributed by atoms with van der Waals surface area (Å²) in [6.07, 6.45) is 2.81. The molecule has 0 spiro atoms. The number of hydrogen-bond donors (Lipinski definition) is 1. The lowest BCUT2D eigenvalue weighted by atomic mass is 10.1. The Bertz CT molecular complexity index is 676. The molecule has 0 atom stereocenters. The molecule has 8 heteroatoms. The van der Waals surface area contributed by atoms with E-state index in [1.54, 1.807) is 0 Å². The highest BCUT2D eigenvalue weighted by Crippen LogP contribution is 2.30. The zero-order valence-electron chi connectivity index (χ0n) is 11.2. The van der Waals surface area contributed by atoms with Gasteiger partial charge in [-0.15, -0.1) is 0 Å². The van der Waals surface area contributed by atoms with Gasteiger partial charge in [-0.1, -0.05) is 25.0 Å². The molecule has 0 aliphatic heterocycles. The fraction of sp³-hybridized carbons (Fsp3) is 0.462. The van der Waals surface area contributed by atoms with Gasteiger partial charge in [0.25, 0.3) is 5.69 Å². The molecule has 1 aliphatic rings. The molecule has 1 aromatic carbocycles. The first kappa shape index (κ1) is 15.4. The standard InChI is InChI=1S/C13H15NO6S/c15-13(16)12-9(4-3-7-11(12)14(17)18)8-21(19,20)10-5-1-2-6-10/h3-4,7,10H,1-2,5-6,8H2,(H,15,16). The Morgan fingerprint density at radius 2 is 1.95 bits per heavy atom. The molecule has 1 saturated carbocycles. The van der Waals surface area contributed by atoms with E-state index in [4.69, 9.17) is 5.11 Å². The minimum atomic E-state index is -3.50. The van der Waals surface area contributed by atoms with Gasteiger partial charge in [-0.05, 0) is 18.4 Å². The lowest BCUT2D eigenvalue weighted by Crippen LogP contribution is -2.21. The molecular weight excluding hydrogens is 298 g/mol. The third-order valence-corrected chi connectivity index (χ3v) is 5.91. The Kier molecular flexibility index (Phi) is 4.26. The van der Waals surface area contributed by atoms with E-state index in [2.05, 4.69) is 0 Å². The number of carboxylic acid groups (broad SMARTS) is 1. The summed E-state index contributed by atoms with van der Waals surface area (Å²) in [6.45, 7) is 0. The Hall–Kier alpha value is -1.96. The van der Waals surface area contributed by atoms with Crippen molar-refractivity contribution in [3.63, 3.8) is 0 Å². The minimum absolute atomic E-state index is 0.0244. The van der Waals surface area contributed by atoms with Crippen molar-refractivity contribution in [2.45, 2.75) is 36.7 Å². The van der Waals surface area contributed by atoms with Crippen LogP contribution in [0.3, 0.4) is 0 Å². The van der Waals surface area contributed by atoms with Gasteiger partial charge in [0.05, 0.1) is 15.9 Å². The number of nitro groups is 1. The van der Waals surface area contributed by atoms with Crippen LogP contribution >= 0.6 is 0 Å². The minimum Gasteiger partial charge on any atom is -0.477 e. The second-order valence-corrected chi connectivity index (χ2v) is 7.37. The van der Waals surface area contributed by atoms with E-state index >= 15 is 0 Å². The molecule has 0 radical (unpaired) electrons. The summed E-state index contributed by atoms with van der Waals surface area (Å²) in [5.41, 5.74) is -1.14. The Morgan fingerprint density at radius 3 is 2.48 bits per heavy atom. The van der Waals surface area contributed by atoms with Crippen molar-refractivity contribution >= 4 is 21.5 Å². The van der Waals surface area contributed by atoms with E-state index in [-0.39, 0.29) is 5.56 Å². The monoisotopic (exact) mass is 313 g/mol. The highest BCUT2D eigenvalue weighted by Gasteiger charge is 2.32. The second kappa shape index (κ2) is 5.80. The highest BCUT2D eigenvalue weighted by atomic mass is 32.2. The summed E-state index contributed by atoms with van der Waals surface area (Å²) >= 11 is 0. The van der Waals surface area contributed by atoms with Gasteiger partial charge in [-0.2, -0.15) is 0 Å². The molecule has 21 heavy (non-hydrogen) atoms. The topological polar surface area (TPSA) is 115 Å². The van der Waals surface area contributed by atoms with Crippen LogP contribution in [0, 0.1) is 10.1 Å². The van der Waals surface area contributed by atoms with Crippen LogP contribution in [0.25, 0.3) is 0 Å². The molecular formula is C13H15NO6S. The predicted molar refractivity (Wildman–Crippen MR) is 74.9 cm³/mol. The number of hydrogen-bond acceptors (Lipinski definition) is 5. The predicted octanol–water partition coefficient (Wildman–Crippen LogP) is 2.15. The first-order valence-corrected chi connectivity index (χ1v) is 8.25. The molecule has 114 valence electrons. The van der Waals surface area contributed by atoms with Crippen LogP contribution in [-0.4, -0.2) is 29.7 Å². The van der Waals surface area contributed by atoms with Gasteiger partial charge in [-0.3, -0.25) is 10.1 Å². The lowest BCUT2D eigenvalue weighted by Gasteiger charge is -2.12. The third-order valence-electron chi connectivity index (χ3n) is 3.71. The van der Waals surface area contributed by atoms with Crippen LogP contribution in [0.15, 0.2) is 18.2 Å². The summed E-state index contributed by atoms with van der Waals surface area (Å²) in [6, 6.07) is 3.70. The number of benzene rings is 1. The summed E-state index contributed by atoms with van der Waals surface area (Å²) in [5.74, 6) is -1.96. The van der Waals surface area contributed by atoms with E-state index in [9.17, 15) is 23.3 Å². The average molecular weight is 313 g/mol. The fourth-order valence-electron chi connectivity index (χ4n) is 2.69. The van der Waals surface area contributed by atoms with Crippen LogP contribution in [0.1, 0.15) is 41.6 Å². The fourth-order valence-corrected chi connectivity index (χ4v) is 4.65. The number of aromatic carboxylic acids is 1. The van der Waals surface area contributed by atoms with Gasteiger partial charge in [0.1, 0.15) is 5.56 Å². The Balaban J connectivity index is 2.42. The maximum Gasteiger partial charge on any atom is 0.343 e. The molecule has 0 saturated heterocycles. The molecule has 1 aliphatic carbocycles. The zero-order valence-corrected chi connectivity index (χ0v) is 12.0. The molecule has 0 heterocycles. The average Bonchev–Trinajstić information content (AvgIpc) is 2.92. The molecule has 0 aromatic heterocycles. The van der Waals surface area contributed by atoms with Gasteiger partial charge in [0.15, 0.2) is 9.84 Å². The number of nitrogens with zero attached hydrogens (tertiary/aromatic N) is 1. The van der Waals surface area contributed by atoms with Crippen molar-refractivity contribution < 1.29 is 23.2 Å². The summed E-state index contributed by atoms with van der Waals surface area (Å²) in [7, 11) is -3.50. The zero-order chi connectivity index (χ0) is 15.6. The van der Waals surface area contributed by atoms with Crippen molar-refractivity contribution in [1.29, 1.82) is 0 Å². The molecule has 1 aromatic rings. The molecule has 0 amide bonds. The first-order valence-electron chi connectivity index (χ1n) is 6.54. The third kappa shape index (κ3) is 3.21. The number of nitro benzene ring substituents is 1. The normalized spacial score (nSPS) is 16.0. The number of carbonyl (C=O) groups is 1. The summed E-state index contributed by atoms with van der Waals surface area (Å²) in [4.78, 5) is 21.3. The van der Waals surface area contributed by atoms with E-state index in [1.807, 2.05) is 0 Å². The number of rotatable bonds is 5. The van der Waals surface area contributed by atoms with Gasteiger partial charge >= 0.3 is 5.97 Å². The molecule has 2 rings (SSSR count). The smallest absolute Gasteiger partial charge is 0.343 e. The van der Waals surface area contributed by atoms with Gasteiger partial charge in [-0.25, -0.2) is 13.2 Å². The highest BCUT2D eigenvalue weighted by molar-refractivity contribution is 7.91. The van der Waals surface area contributed by atoms with E-state index in [0.29, 0.717) is 12.8 Å². The molecule has 1 N–H and O–H groups in total. The molecule has 1 fully saturated rings. The quantitative estimate of drug-likeness (QED) is 0.658. The van der Waals surface area contributed by atoms with Crippen molar-refractivity contribution in [2.24, 2.45) is 0 Å². The maximum atomic E-state index is 12.3. The Labute approximate surface area is 121 Å². The summed E-state index contributed by atoms with van der Waals surface area (Å²) in [5, 5.41) is 19.6. The largest absolute Gasteiger partial charge is 0.477 e. The van der Waals surface area contributed by atoms with Crippen molar-refractivity contribution in [1.82, 2.24) is 0 Å². The van der Waals surface area contributed by atoms with E-state index in [1.165, 1.54) is 12.1 Å². The van der Waals surface area contributed by atoms with Gasteiger partial charge < -0.3 is 5.11 Å². The van der Waals surface area contributed by atoms with E-state index in [0.717, 1.165) is 18.9 Å². The number of carboxylic acids is 1. The molecule has 0 bridgehead atoms. The SMILES string of the molecule is O=C(O)c1c(CS(=O)(=O)C2CCCC2)cccc1[N+](=O)[O-]. The van der Waals surface area contributed by atoms with Crippen LogP contribution in [0.5, 0.6) is 0 Å². The molecule has 0 unspecified atom stereocenters. The van der Waals surface area contributed by atoms with Crippen LogP contribution < -0.4 is 0 Å². The second-order valence-electron chi connectivity index (χ2n) is 5.09.